The fourth-order valence-electron chi connectivity index (χ4n) is 0.499. The number of nitrogens with one attached hydrogen (secondary N) is 1. The van der Waals surface area contributed by atoms with Gasteiger partial charge in [-0.15, -0.1) is 0 Å². The van der Waals surface area contributed by atoms with E-state index in [0.29, 0.717) is 19.8 Å². The van der Waals surface area contributed by atoms with Crippen LogP contribution in [0, 0.1) is 5.41 Å². The van der Waals surface area contributed by atoms with Crippen LogP contribution >= 0.6 is 0 Å². The smallest absolute Gasteiger partial charge is 0.0915 e. The summed E-state index contributed by atoms with van der Waals surface area (Å²) in [5, 5.41) is 8.88. The summed E-state index contributed by atoms with van der Waals surface area (Å²) in [6.45, 7) is 5.80. The monoisotopic (exact) mass is 177 g/mol. The Bertz CT molecular complexity index is 106. The Balaban J connectivity index is 3.19. The van der Waals surface area contributed by atoms with Crippen LogP contribution in [0.1, 0.15) is 13.8 Å². The quantitative estimate of drug-likeness (QED) is 0.430. The molecule has 0 aromatic carbocycles. The predicted octanol–water partition coefficient (Wildman–Crippen LogP) is 0.172. The Morgan fingerprint density at radius 2 is 2.00 bits per heavy atom. The van der Waals surface area contributed by atoms with E-state index in [2.05, 4.69) is 5.48 Å². The summed E-state index contributed by atoms with van der Waals surface area (Å²) in [5.74, 6) is 0. The van der Waals surface area contributed by atoms with E-state index < -0.39 is 0 Å². The third-order valence-electron chi connectivity index (χ3n) is 1.47. The van der Waals surface area contributed by atoms with Crippen molar-refractivity contribution in [3.8, 4) is 0 Å². The maximum absolute atomic E-state index is 8.88. The number of methoxy groups -OCH3 is 1. The molecule has 2 N–H and O–H groups in total. The van der Waals surface area contributed by atoms with E-state index in [9.17, 15) is 0 Å². The molecule has 4 heteroatoms. The van der Waals surface area contributed by atoms with Crippen LogP contribution in [0.4, 0.5) is 0 Å². The molecule has 0 aliphatic carbocycles. The molecule has 0 aliphatic rings. The van der Waals surface area contributed by atoms with E-state index in [1.54, 1.807) is 7.11 Å². The molecule has 0 amide bonds. The zero-order valence-electron chi connectivity index (χ0n) is 8.09. The van der Waals surface area contributed by atoms with Gasteiger partial charge < -0.3 is 9.84 Å². The number of ether oxygens (including phenoxy) is 1. The zero-order valence-corrected chi connectivity index (χ0v) is 8.09. The Kier molecular flexibility index (Phi) is 6.28. The van der Waals surface area contributed by atoms with Crippen molar-refractivity contribution in [1.82, 2.24) is 5.48 Å². The molecular weight excluding hydrogens is 158 g/mol. The Labute approximate surface area is 73.8 Å². The molecule has 0 bridgehead atoms. The first-order valence-corrected chi connectivity index (χ1v) is 4.07. The van der Waals surface area contributed by atoms with E-state index in [1.165, 1.54) is 0 Å². The number of aliphatic hydroxyl groups is 1. The molecule has 0 rings (SSSR count). The summed E-state index contributed by atoms with van der Waals surface area (Å²) < 4.78 is 4.79. The van der Waals surface area contributed by atoms with Crippen molar-refractivity contribution >= 4 is 0 Å². The van der Waals surface area contributed by atoms with E-state index in [0.717, 1.165) is 0 Å². The summed E-state index contributed by atoms with van der Waals surface area (Å²) in [6, 6.07) is 0. The number of hydroxylamine groups is 1. The van der Waals surface area contributed by atoms with Gasteiger partial charge in [0.15, 0.2) is 0 Å². The van der Waals surface area contributed by atoms with Crippen molar-refractivity contribution in [2.75, 3.05) is 33.5 Å². The van der Waals surface area contributed by atoms with Crippen molar-refractivity contribution < 1.29 is 14.7 Å². The molecule has 0 saturated carbocycles. The highest BCUT2D eigenvalue weighted by molar-refractivity contribution is 4.66. The second kappa shape index (κ2) is 6.37. The minimum absolute atomic E-state index is 0.132. The van der Waals surface area contributed by atoms with Gasteiger partial charge in [-0.1, -0.05) is 13.8 Å². The fourth-order valence-corrected chi connectivity index (χ4v) is 0.499. The van der Waals surface area contributed by atoms with Gasteiger partial charge in [-0.25, -0.2) is 5.48 Å². The van der Waals surface area contributed by atoms with Crippen LogP contribution in [0.2, 0.25) is 0 Å². The fraction of sp³-hybridized carbons (Fsp3) is 1.00. The molecule has 0 unspecified atom stereocenters. The van der Waals surface area contributed by atoms with E-state index >= 15 is 0 Å². The first-order valence-electron chi connectivity index (χ1n) is 4.07. The molecule has 74 valence electrons. The number of aliphatic hydroxyl groups excluding tert-OH is 1. The average molecular weight is 177 g/mol. The summed E-state index contributed by atoms with van der Waals surface area (Å²) in [5.41, 5.74) is 2.64. The maximum atomic E-state index is 8.88. The molecule has 4 nitrogen and oxygen atoms in total. The second-order valence-corrected chi connectivity index (χ2v) is 3.48. The van der Waals surface area contributed by atoms with Gasteiger partial charge in [0.05, 0.1) is 13.2 Å². The van der Waals surface area contributed by atoms with Gasteiger partial charge in [0, 0.05) is 25.7 Å². The van der Waals surface area contributed by atoms with Crippen LogP contribution in [-0.4, -0.2) is 38.6 Å². The summed E-state index contributed by atoms with van der Waals surface area (Å²) >= 11 is 0. The molecule has 0 heterocycles. The lowest BCUT2D eigenvalue weighted by atomic mass is 9.96. The van der Waals surface area contributed by atoms with Gasteiger partial charge in [0.2, 0.25) is 0 Å². The molecule has 0 aromatic heterocycles. The molecule has 0 radical (unpaired) electrons. The number of hydrogen-bond donors (Lipinski definition) is 2. The predicted molar refractivity (Wildman–Crippen MR) is 46.7 cm³/mol. The topological polar surface area (TPSA) is 50.7 Å². The Hall–Kier alpha value is -0.160. The molecule has 0 aromatic rings. The highest BCUT2D eigenvalue weighted by Gasteiger charge is 2.15. The van der Waals surface area contributed by atoms with Crippen LogP contribution in [-0.2, 0) is 9.57 Å². The minimum Gasteiger partial charge on any atom is -0.396 e. The van der Waals surface area contributed by atoms with Crippen molar-refractivity contribution in [3.63, 3.8) is 0 Å². The normalized spacial score (nSPS) is 12.0. The van der Waals surface area contributed by atoms with Crippen molar-refractivity contribution in [2.45, 2.75) is 13.8 Å². The molecule has 0 saturated heterocycles. The number of hydrogen-bond acceptors (Lipinski definition) is 4. The van der Waals surface area contributed by atoms with Crippen LogP contribution in [0.15, 0.2) is 0 Å². The van der Waals surface area contributed by atoms with Gasteiger partial charge in [-0.2, -0.15) is 0 Å². The van der Waals surface area contributed by atoms with E-state index in [-0.39, 0.29) is 12.0 Å². The lowest BCUT2D eigenvalue weighted by Crippen LogP contribution is -2.32. The van der Waals surface area contributed by atoms with Gasteiger partial charge >= 0.3 is 0 Å². The molecule has 0 spiro atoms. The molecular formula is C8H19NO3. The SMILES string of the molecule is COCCONCC(C)(C)CO. The van der Waals surface area contributed by atoms with Crippen LogP contribution < -0.4 is 5.48 Å². The first-order chi connectivity index (χ1) is 5.62. The highest BCUT2D eigenvalue weighted by Crippen LogP contribution is 2.10. The van der Waals surface area contributed by atoms with E-state index in [4.69, 9.17) is 14.7 Å². The van der Waals surface area contributed by atoms with Crippen LogP contribution in [0.25, 0.3) is 0 Å². The van der Waals surface area contributed by atoms with Crippen LogP contribution in [0.5, 0.6) is 0 Å². The first kappa shape index (κ1) is 11.8. The van der Waals surface area contributed by atoms with Crippen molar-refractivity contribution in [2.24, 2.45) is 5.41 Å². The maximum Gasteiger partial charge on any atom is 0.0915 e. The molecule has 0 fully saturated rings. The van der Waals surface area contributed by atoms with E-state index in [1.807, 2.05) is 13.8 Å². The third-order valence-corrected chi connectivity index (χ3v) is 1.47. The lowest BCUT2D eigenvalue weighted by Gasteiger charge is -2.21. The largest absolute Gasteiger partial charge is 0.396 e. The zero-order chi connectivity index (χ0) is 9.45. The van der Waals surface area contributed by atoms with Crippen molar-refractivity contribution in [3.05, 3.63) is 0 Å². The molecule has 0 aliphatic heterocycles. The van der Waals surface area contributed by atoms with Gasteiger partial charge in [-0.3, -0.25) is 4.84 Å². The number of rotatable bonds is 7. The van der Waals surface area contributed by atoms with Gasteiger partial charge in [0.1, 0.15) is 0 Å². The van der Waals surface area contributed by atoms with Gasteiger partial charge in [-0.05, 0) is 0 Å². The summed E-state index contributed by atoms with van der Waals surface area (Å²) in [4.78, 5) is 5.03. The highest BCUT2D eigenvalue weighted by atomic mass is 16.7. The third kappa shape index (κ3) is 6.54. The van der Waals surface area contributed by atoms with Gasteiger partial charge in [0.25, 0.3) is 0 Å². The average Bonchev–Trinajstić information content (AvgIpc) is 2.04. The standard InChI is InChI=1S/C8H19NO3/c1-8(2,7-10)6-9-12-5-4-11-3/h9-10H,4-7H2,1-3H3. The molecule has 12 heavy (non-hydrogen) atoms. The molecule has 0 atom stereocenters. The second-order valence-electron chi connectivity index (χ2n) is 3.48. The summed E-state index contributed by atoms with van der Waals surface area (Å²) in [7, 11) is 1.63. The minimum atomic E-state index is -0.132. The Morgan fingerprint density at radius 3 is 2.50 bits per heavy atom. The lowest BCUT2D eigenvalue weighted by molar-refractivity contribution is -0.0140. The van der Waals surface area contributed by atoms with Crippen LogP contribution in [0.3, 0.4) is 0 Å². The van der Waals surface area contributed by atoms with Crippen molar-refractivity contribution in [1.29, 1.82) is 0 Å². The summed E-state index contributed by atoms with van der Waals surface area (Å²) in [6.07, 6.45) is 0. The Morgan fingerprint density at radius 1 is 1.33 bits per heavy atom.